The van der Waals surface area contributed by atoms with Gasteiger partial charge in [0.05, 0.1) is 16.4 Å². The van der Waals surface area contributed by atoms with E-state index in [9.17, 15) is 17.6 Å². The number of carbonyl (C=O) groups excluding carboxylic acids is 1. The van der Waals surface area contributed by atoms with Gasteiger partial charge in [-0.3, -0.25) is 4.79 Å². The molecule has 0 radical (unpaired) electrons. The molecule has 0 saturated carbocycles. The van der Waals surface area contributed by atoms with Gasteiger partial charge in [-0.1, -0.05) is 0 Å². The van der Waals surface area contributed by atoms with E-state index in [1.54, 1.807) is 18.5 Å². The predicted octanol–water partition coefficient (Wildman–Crippen LogP) is 1.36. The van der Waals surface area contributed by atoms with E-state index in [2.05, 4.69) is 14.9 Å². The first kappa shape index (κ1) is 20.3. The van der Waals surface area contributed by atoms with E-state index in [0.717, 1.165) is 12.1 Å². The Morgan fingerprint density at radius 2 is 1.71 bits per heavy atom. The molecule has 3 aliphatic rings. The molecule has 1 spiro atoms. The molecule has 1 aromatic carbocycles. The molecule has 8 nitrogen and oxygen atoms in total. The summed E-state index contributed by atoms with van der Waals surface area (Å²) in [4.78, 5) is 25.7. The number of aromatic nitrogens is 2. The normalized spacial score (nSPS) is 25.9. The first-order valence-corrected chi connectivity index (χ1v) is 11.8. The van der Waals surface area contributed by atoms with Crippen LogP contribution < -0.4 is 4.90 Å². The minimum atomic E-state index is -3.70. The highest BCUT2D eigenvalue weighted by atomic mass is 32.2. The fourth-order valence-corrected chi connectivity index (χ4v) is 6.95. The fourth-order valence-electron chi connectivity index (χ4n) is 5.51. The minimum Gasteiger partial charge on any atom is -0.340 e. The lowest BCUT2D eigenvalue weighted by molar-refractivity contribution is -0.132. The Hall–Kier alpha value is -2.59. The van der Waals surface area contributed by atoms with Gasteiger partial charge in [0.15, 0.2) is 0 Å². The van der Waals surface area contributed by atoms with Crippen LogP contribution in [0.2, 0.25) is 0 Å². The average Bonchev–Trinajstić information content (AvgIpc) is 3.31. The maximum absolute atomic E-state index is 13.2. The van der Waals surface area contributed by atoms with Crippen molar-refractivity contribution in [1.29, 1.82) is 0 Å². The summed E-state index contributed by atoms with van der Waals surface area (Å²) in [5.41, 5.74) is -0.375. The Morgan fingerprint density at radius 1 is 1.06 bits per heavy atom. The van der Waals surface area contributed by atoms with Crippen molar-refractivity contribution >= 4 is 21.9 Å². The first-order chi connectivity index (χ1) is 14.8. The largest absolute Gasteiger partial charge is 0.340 e. The van der Waals surface area contributed by atoms with Crippen LogP contribution in [-0.4, -0.2) is 72.3 Å². The number of likely N-dealkylation sites (tertiary alicyclic amines) is 1. The number of piperidine rings is 1. The van der Waals surface area contributed by atoms with Crippen molar-refractivity contribution in [1.82, 2.24) is 19.2 Å². The van der Waals surface area contributed by atoms with Gasteiger partial charge in [0, 0.05) is 51.5 Å². The van der Waals surface area contributed by atoms with Crippen molar-refractivity contribution < 1.29 is 17.6 Å². The molecule has 4 heterocycles. The molecule has 2 atom stereocenters. The van der Waals surface area contributed by atoms with Crippen LogP contribution in [0.15, 0.2) is 47.6 Å². The van der Waals surface area contributed by atoms with Gasteiger partial charge in [-0.25, -0.2) is 22.8 Å². The second-order valence-corrected chi connectivity index (χ2v) is 10.5. The molecule has 1 amide bonds. The highest BCUT2D eigenvalue weighted by molar-refractivity contribution is 7.89. The lowest BCUT2D eigenvalue weighted by Crippen LogP contribution is -2.56. The molecule has 31 heavy (non-hydrogen) atoms. The SMILES string of the molecule is CN1C(=O)[C@H]2CN(c3ncccn3)C[C@H]2C12CCN(S(=O)(=O)c1ccc(F)cc1)CC2. The van der Waals surface area contributed by atoms with Crippen molar-refractivity contribution in [2.45, 2.75) is 23.3 Å². The van der Waals surface area contributed by atoms with Crippen LogP contribution in [0.5, 0.6) is 0 Å². The van der Waals surface area contributed by atoms with Crippen molar-refractivity contribution in [3.8, 4) is 0 Å². The summed E-state index contributed by atoms with van der Waals surface area (Å²) >= 11 is 0. The molecular weight excluding hydrogens is 421 g/mol. The van der Waals surface area contributed by atoms with Crippen LogP contribution in [0.3, 0.4) is 0 Å². The maximum Gasteiger partial charge on any atom is 0.243 e. The number of amides is 1. The van der Waals surface area contributed by atoms with Gasteiger partial charge in [0.25, 0.3) is 0 Å². The number of nitrogens with zero attached hydrogens (tertiary/aromatic N) is 5. The molecule has 3 fully saturated rings. The summed E-state index contributed by atoms with van der Waals surface area (Å²) in [6, 6.07) is 6.67. The maximum atomic E-state index is 13.2. The average molecular weight is 446 g/mol. The Kier molecular flexibility index (Phi) is 4.74. The Morgan fingerprint density at radius 3 is 2.35 bits per heavy atom. The molecule has 2 aromatic rings. The summed E-state index contributed by atoms with van der Waals surface area (Å²) in [5, 5.41) is 0. The van der Waals surface area contributed by atoms with E-state index in [0.29, 0.717) is 45.0 Å². The summed E-state index contributed by atoms with van der Waals surface area (Å²) in [5.74, 6) is 0.234. The molecule has 0 unspecified atom stereocenters. The van der Waals surface area contributed by atoms with Crippen LogP contribution in [0.4, 0.5) is 10.3 Å². The standard InChI is InChI=1S/C21H24FN5O3S/c1-25-19(28)17-13-26(20-23-9-2-10-24-20)14-18(17)21(25)7-11-27(12-8-21)31(29,30)16-5-3-15(22)4-6-16/h2-6,9-10,17-18H,7-8,11-14H2,1H3/t17-,18+/m0/s1. The molecule has 5 rings (SSSR count). The third-order valence-corrected chi connectivity index (χ3v) is 9.11. The summed E-state index contributed by atoms with van der Waals surface area (Å²) in [6.45, 7) is 1.90. The number of hydrogen-bond donors (Lipinski definition) is 0. The Balaban J connectivity index is 1.36. The number of halogens is 1. The van der Waals surface area contributed by atoms with Crippen molar-refractivity contribution in [3.05, 3.63) is 48.5 Å². The second kappa shape index (κ2) is 7.23. The number of rotatable bonds is 3. The van der Waals surface area contributed by atoms with Crippen LogP contribution in [0.25, 0.3) is 0 Å². The van der Waals surface area contributed by atoms with Gasteiger partial charge in [-0.2, -0.15) is 4.31 Å². The van der Waals surface area contributed by atoms with E-state index >= 15 is 0 Å². The van der Waals surface area contributed by atoms with E-state index in [-0.39, 0.29) is 28.2 Å². The van der Waals surface area contributed by atoms with Crippen LogP contribution in [0, 0.1) is 17.7 Å². The number of fused-ring (bicyclic) bond motifs is 2. The van der Waals surface area contributed by atoms with Crippen molar-refractivity contribution in [3.63, 3.8) is 0 Å². The van der Waals surface area contributed by atoms with Crippen LogP contribution in [0.1, 0.15) is 12.8 Å². The molecule has 1 aromatic heterocycles. The van der Waals surface area contributed by atoms with E-state index in [1.165, 1.54) is 16.4 Å². The number of hydrogen-bond acceptors (Lipinski definition) is 6. The van der Waals surface area contributed by atoms with E-state index in [1.807, 2.05) is 11.9 Å². The third-order valence-electron chi connectivity index (χ3n) is 7.20. The smallest absolute Gasteiger partial charge is 0.243 e. The topological polar surface area (TPSA) is 86.7 Å². The zero-order valence-electron chi connectivity index (χ0n) is 17.2. The molecule has 0 aliphatic carbocycles. The number of benzene rings is 1. The van der Waals surface area contributed by atoms with Gasteiger partial charge < -0.3 is 9.80 Å². The molecule has 10 heteroatoms. The lowest BCUT2D eigenvalue weighted by Gasteiger charge is -2.46. The summed E-state index contributed by atoms with van der Waals surface area (Å²) in [7, 11) is -1.86. The van der Waals surface area contributed by atoms with Crippen LogP contribution >= 0.6 is 0 Å². The second-order valence-electron chi connectivity index (χ2n) is 8.53. The Labute approximate surface area is 180 Å². The van der Waals surface area contributed by atoms with Gasteiger partial charge in [-0.05, 0) is 43.2 Å². The van der Waals surface area contributed by atoms with Crippen molar-refractivity contribution in [2.24, 2.45) is 11.8 Å². The fraction of sp³-hybridized carbons (Fsp3) is 0.476. The lowest BCUT2D eigenvalue weighted by atomic mass is 9.75. The van der Waals surface area contributed by atoms with Crippen LogP contribution in [-0.2, 0) is 14.8 Å². The van der Waals surface area contributed by atoms with Gasteiger partial charge >= 0.3 is 0 Å². The molecule has 3 aliphatic heterocycles. The van der Waals surface area contributed by atoms with Gasteiger partial charge in [0.1, 0.15) is 5.82 Å². The first-order valence-electron chi connectivity index (χ1n) is 10.4. The molecular formula is C21H24FN5O3S. The number of anilines is 1. The summed E-state index contributed by atoms with van der Waals surface area (Å²) in [6.07, 6.45) is 4.53. The highest BCUT2D eigenvalue weighted by Gasteiger charge is 2.61. The minimum absolute atomic E-state index is 0.0897. The monoisotopic (exact) mass is 445 g/mol. The zero-order valence-corrected chi connectivity index (χ0v) is 18.0. The van der Waals surface area contributed by atoms with E-state index in [4.69, 9.17) is 0 Å². The zero-order chi connectivity index (χ0) is 21.8. The molecule has 3 saturated heterocycles. The van der Waals surface area contributed by atoms with Gasteiger partial charge in [-0.15, -0.1) is 0 Å². The number of sulfonamides is 1. The highest BCUT2D eigenvalue weighted by Crippen LogP contribution is 2.49. The van der Waals surface area contributed by atoms with E-state index < -0.39 is 15.8 Å². The summed E-state index contributed by atoms with van der Waals surface area (Å²) < 4.78 is 40.7. The molecule has 0 bridgehead atoms. The number of carbonyl (C=O) groups is 1. The van der Waals surface area contributed by atoms with Gasteiger partial charge in [0.2, 0.25) is 21.9 Å². The van der Waals surface area contributed by atoms with Crippen molar-refractivity contribution in [2.75, 3.05) is 38.1 Å². The predicted molar refractivity (Wildman–Crippen MR) is 111 cm³/mol. The third kappa shape index (κ3) is 3.11. The molecule has 0 N–H and O–H groups in total. The molecule has 164 valence electrons. The quantitative estimate of drug-likeness (QED) is 0.709. The Bertz CT molecular complexity index is 1090.